The number of thiophene rings is 1. The van der Waals surface area contributed by atoms with Crippen molar-refractivity contribution >= 4 is 34.7 Å². The van der Waals surface area contributed by atoms with Gasteiger partial charge < -0.3 is 4.74 Å². The summed E-state index contributed by atoms with van der Waals surface area (Å²) in [4.78, 5) is 24.8. The highest BCUT2D eigenvalue weighted by Gasteiger charge is 2.13. The number of rotatable bonds is 6. The molecule has 0 aliphatic carbocycles. The molecule has 24 heavy (non-hydrogen) atoms. The SMILES string of the molecule is O=C(Cn1nnc(-c2ccsc2)n1)OCC(=O)c1ccc(Cl)cc1. The molecule has 0 atom stereocenters. The van der Waals surface area contributed by atoms with Gasteiger partial charge in [0, 0.05) is 21.5 Å². The number of halogens is 1. The molecule has 3 rings (SSSR count). The van der Waals surface area contributed by atoms with Crippen LogP contribution in [-0.4, -0.2) is 38.6 Å². The second kappa shape index (κ2) is 7.33. The van der Waals surface area contributed by atoms with Crippen molar-refractivity contribution in [1.82, 2.24) is 20.2 Å². The summed E-state index contributed by atoms with van der Waals surface area (Å²) in [6, 6.07) is 8.20. The van der Waals surface area contributed by atoms with E-state index in [0.29, 0.717) is 16.4 Å². The molecule has 0 spiro atoms. The largest absolute Gasteiger partial charge is 0.456 e. The maximum absolute atomic E-state index is 11.9. The van der Waals surface area contributed by atoms with Crippen LogP contribution in [0.1, 0.15) is 10.4 Å². The van der Waals surface area contributed by atoms with E-state index in [1.807, 2.05) is 16.8 Å². The van der Waals surface area contributed by atoms with Gasteiger partial charge in [-0.05, 0) is 40.9 Å². The Balaban J connectivity index is 1.52. The van der Waals surface area contributed by atoms with Crippen molar-refractivity contribution in [2.75, 3.05) is 6.61 Å². The first kappa shape index (κ1) is 16.3. The number of carbonyl (C=O) groups is 2. The summed E-state index contributed by atoms with van der Waals surface area (Å²) < 4.78 is 4.94. The van der Waals surface area contributed by atoms with Crippen molar-refractivity contribution in [3.63, 3.8) is 0 Å². The van der Waals surface area contributed by atoms with Crippen LogP contribution in [-0.2, 0) is 16.1 Å². The molecule has 0 unspecified atom stereocenters. The Labute approximate surface area is 145 Å². The maximum Gasteiger partial charge on any atom is 0.330 e. The zero-order chi connectivity index (χ0) is 16.9. The van der Waals surface area contributed by atoms with Crippen molar-refractivity contribution in [2.24, 2.45) is 0 Å². The van der Waals surface area contributed by atoms with Crippen LogP contribution in [0.4, 0.5) is 0 Å². The minimum absolute atomic E-state index is 0.217. The highest BCUT2D eigenvalue weighted by atomic mass is 35.5. The first-order valence-corrected chi connectivity index (χ1v) is 8.18. The highest BCUT2D eigenvalue weighted by molar-refractivity contribution is 7.08. The van der Waals surface area contributed by atoms with Crippen molar-refractivity contribution < 1.29 is 14.3 Å². The van der Waals surface area contributed by atoms with Crippen molar-refractivity contribution in [3.05, 3.63) is 51.7 Å². The van der Waals surface area contributed by atoms with Gasteiger partial charge in [0.1, 0.15) is 0 Å². The summed E-state index contributed by atoms with van der Waals surface area (Å²) in [5, 5.41) is 16.0. The van der Waals surface area contributed by atoms with E-state index in [0.717, 1.165) is 10.4 Å². The Hall–Kier alpha value is -2.58. The monoisotopic (exact) mass is 362 g/mol. The molecule has 0 fully saturated rings. The third-order valence-corrected chi connectivity index (χ3v) is 3.97. The minimum Gasteiger partial charge on any atom is -0.456 e. The van der Waals surface area contributed by atoms with Gasteiger partial charge in [-0.1, -0.05) is 11.6 Å². The molecule has 0 N–H and O–H groups in total. The molecule has 7 nitrogen and oxygen atoms in total. The zero-order valence-electron chi connectivity index (χ0n) is 12.3. The van der Waals surface area contributed by atoms with E-state index in [1.54, 1.807) is 24.3 Å². The lowest BCUT2D eigenvalue weighted by Gasteiger charge is -2.03. The quantitative estimate of drug-likeness (QED) is 0.494. The standard InChI is InChI=1S/C15H11ClN4O3S/c16-12-3-1-10(2-4-12)13(21)8-23-14(22)7-20-18-15(17-19-20)11-5-6-24-9-11/h1-6,9H,7-8H2. The van der Waals surface area contributed by atoms with Crippen LogP contribution in [0.2, 0.25) is 5.02 Å². The van der Waals surface area contributed by atoms with Gasteiger partial charge in [0.05, 0.1) is 0 Å². The van der Waals surface area contributed by atoms with Crippen LogP contribution in [0.15, 0.2) is 41.1 Å². The van der Waals surface area contributed by atoms with Gasteiger partial charge in [-0.15, -0.1) is 10.2 Å². The van der Waals surface area contributed by atoms with Gasteiger partial charge in [-0.25, -0.2) is 4.79 Å². The normalized spacial score (nSPS) is 10.5. The first-order valence-electron chi connectivity index (χ1n) is 6.86. The maximum atomic E-state index is 11.9. The van der Waals surface area contributed by atoms with Crippen LogP contribution < -0.4 is 0 Å². The predicted octanol–water partition coefficient (Wildman–Crippen LogP) is 2.48. The summed E-state index contributed by atoms with van der Waals surface area (Å²) >= 11 is 7.27. The van der Waals surface area contributed by atoms with E-state index >= 15 is 0 Å². The van der Waals surface area contributed by atoms with Crippen LogP contribution in [0.25, 0.3) is 11.4 Å². The van der Waals surface area contributed by atoms with E-state index in [1.165, 1.54) is 11.3 Å². The van der Waals surface area contributed by atoms with E-state index in [-0.39, 0.29) is 18.9 Å². The fourth-order valence-electron chi connectivity index (χ4n) is 1.84. The van der Waals surface area contributed by atoms with Gasteiger partial charge in [-0.2, -0.15) is 16.1 Å². The Bertz CT molecular complexity index is 846. The Morgan fingerprint density at radius 1 is 1.21 bits per heavy atom. The molecule has 0 amide bonds. The molecule has 0 aliphatic rings. The number of hydrogen-bond acceptors (Lipinski definition) is 7. The van der Waals surface area contributed by atoms with Gasteiger partial charge in [0.2, 0.25) is 5.82 Å². The summed E-state index contributed by atoms with van der Waals surface area (Å²) in [5.41, 5.74) is 1.25. The molecule has 0 saturated carbocycles. The fourth-order valence-corrected chi connectivity index (χ4v) is 2.60. The second-order valence-electron chi connectivity index (χ2n) is 4.75. The fraction of sp³-hybridized carbons (Fsp3) is 0.133. The molecular formula is C15H11ClN4O3S. The Morgan fingerprint density at radius 2 is 2.00 bits per heavy atom. The Kier molecular flexibility index (Phi) is 4.97. The number of esters is 1. The lowest BCUT2D eigenvalue weighted by atomic mass is 10.1. The Morgan fingerprint density at radius 3 is 2.71 bits per heavy atom. The third kappa shape index (κ3) is 4.03. The van der Waals surface area contributed by atoms with E-state index in [4.69, 9.17) is 16.3 Å². The molecule has 0 bridgehead atoms. The van der Waals surface area contributed by atoms with Crippen LogP contribution in [0, 0.1) is 0 Å². The number of benzene rings is 1. The minimum atomic E-state index is -0.619. The smallest absolute Gasteiger partial charge is 0.330 e. The van der Waals surface area contributed by atoms with Gasteiger partial charge in [-0.3, -0.25) is 4.79 Å². The van der Waals surface area contributed by atoms with Crippen molar-refractivity contribution in [2.45, 2.75) is 6.54 Å². The van der Waals surface area contributed by atoms with Crippen LogP contribution in [0.3, 0.4) is 0 Å². The average Bonchev–Trinajstić information content (AvgIpc) is 3.24. The van der Waals surface area contributed by atoms with Gasteiger partial charge >= 0.3 is 5.97 Å². The molecule has 0 aliphatic heterocycles. The molecule has 2 heterocycles. The average molecular weight is 363 g/mol. The first-order chi connectivity index (χ1) is 11.6. The molecule has 0 radical (unpaired) electrons. The highest BCUT2D eigenvalue weighted by Crippen LogP contribution is 2.16. The topological polar surface area (TPSA) is 87.0 Å². The van der Waals surface area contributed by atoms with Crippen LogP contribution >= 0.6 is 22.9 Å². The summed E-state index contributed by atoms with van der Waals surface area (Å²) in [6.45, 7) is -0.572. The summed E-state index contributed by atoms with van der Waals surface area (Å²) in [5.74, 6) is -0.501. The van der Waals surface area contributed by atoms with Crippen molar-refractivity contribution in [1.29, 1.82) is 0 Å². The molecule has 122 valence electrons. The molecule has 0 saturated heterocycles. The number of ketones is 1. The number of ether oxygens (including phenoxy) is 1. The third-order valence-electron chi connectivity index (χ3n) is 3.03. The van der Waals surface area contributed by atoms with Gasteiger partial charge in [0.25, 0.3) is 0 Å². The molecule has 9 heteroatoms. The van der Waals surface area contributed by atoms with E-state index < -0.39 is 5.97 Å². The number of carbonyl (C=O) groups excluding carboxylic acids is 2. The summed E-state index contributed by atoms with van der Waals surface area (Å²) in [7, 11) is 0. The summed E-state index contributed by atoms with van der Waals surface area (Å²) in [6.07, 6.45) is 0. The number of aromatic nitrogens is 4. The zero-order valence-corrected chi connectivity index (χ0v) is 13.8. The molecular weight excluding hydrogens is 352 g/mol. The van der Waals surface area contributed by atoms with Crippen molar-refractivity contribution in [3.8, 4) is 11.4 Å². The number of nitrogens with zero attached hydrogens (tertiary/aromatic N) is 4. The second-order valence-corrected chi connectivity index (χ2v) is 5.96. The van der Waals surface area contributed by atoms with E-state index in [9.17, 15) is 9.59 Å². The molecule has 2 aromatic heterocycles. The number of Topliss-reactive ketones (excluding diaryl/α,β-unsaturated/α-hetero) is 1. The van der Waals surface area contributed by atoms with Crippen LogP contribution in [0.5, 0.6) is 0 Å². The predicted molar refractivity (Wildman–Crippen MR) is 87.9 cm³/mol. The lowest BCUT2D eigenvalue weighted by molar-refractivity contribution is -0.143. The molecule has 3 aromatic rings. The lowest BCUT2D eigenvalue weighted by Crippen LogP contribution is -2.19. The number of hydrogen-bond donors (Lipinski definition) is 0. The molecule has 1 aromatic carbocycles. The van der Waals surface area contributed by atoms with E-state index in [2.05, 4.69) is 15.4 Å². The van der Waals surface area contributed by atoms with Gasteiger partial charge in [0.15, 0.2) is 18.9 Å². The number of tetrazole rings is 1.